The molecule has 1 aliphatic heterocycles. The van der Waals surface area contributed by atoms with Gasteiger partial charge < -0.3 is 5.11 Å². The van der Waals surface area contributed by atoms with E-state index in [-0.39, 0.29) is 23.5 Å². The number of carbonyl (C=O) groups is 2. The van der Waals surface area contributed by atoms with Crippen molar-refractivity contribution >= 4 is 41.2 Å². The van der Waals surface area contributed by atoms with Gasteiger partial charge in [0.15, 0.2) is 5.78 Å². The van der Waals surface area contributed by atoms with Gasteiger partial charge >= 0.3 is 5.97 Å². The predicted molar refractivity (Wildman–Crippen MR) is 81.6 cm³/mol. The van der Waals surface area contributed by atoms with Gasteiger partial charge in [0.2, 0.25) is 0 Å². The summed E-state index contributed by atoms with van der Waals surface area (Å²) in [7, 11) is 0. The van der Waals surface area contributed by atoms with Gasteiger partial charge in [-0.3, -0.25) is 9.79 Å². The third kappa shape index (κ3) is 5.32. The minimum atomic E-state index is -0.979. The molecular formula is C13H13NO3S2. The van der Waals surface area contributed by atoms with E-state index in [0.717, 1.165) is 0 Å². The first-order valence-corrected chi connectivity index (χ1v) is 6.81. The Bertz CT molecular complexity index is 516. The molecule has 1 N–H and O–H groups in total. The molecule has 0 spiro atoms. The van der Waals surface area contributed by atoms with Crippen molar-refractivity contribution in [2.75, 3.05) is 5.75 Å². The summed E-state index contributed by atoms with van der Waals surface area (Å²) in [6.07, 6.45) is 7.81. The average Bonchev–Trinajstić information content (AvgIpc) is 2.61. The molecule has 0 radical (unpaired) electrons. The number of hydrogen-bond acceptors (Lipinski definition) is 5. The van der Waals surface area contributed by atoms with Gasteiger partial charge in [0.1, 0.15) is 0 Å². The number of carboxylic acid groups (broad SMARTS) is 1. The zero-order chi connectivity index (χ0) is 14.3. The van der Waals surface area contributed by atoms with Crippen LogP contribution in [-0.4, -0.2) is 27.7 Å². The summed E-state index contributed by atoms with van der Waals surface area (Å²) in [5.41, 5.74) is 0.250. The zero-order valence-corrected chi connectivity index (χ0v) is 11.8. The largest absolute Gasteiger partial charge is 0.478 e. The Morgan fingerprint density at radius 1 is 1.58 bits per heavy atom. The number of allylic oxidation sites excluding steroid dienone is 5. The number of hydrogen-bond donors (Lipinski definition) is 2. The monoisotopic (exact) mass is 295 g/mol. The molecule has 19 heavy (non-hydrogen) atoms. The van der Waals surface area contributed by atoms with E-state index in [1.807, 2.05) is 0 Å². The molecule has 0 amide bonds. The molecule has 0 aromatic rings. The van der Waals surface area contributed by atoms with Crippen LogP contribution in [0, 0.1) is 0 Å². The van der Waals surface area contributed by atoms with Crippen molar-refractivity contribution in [2.45, 2.75) is 6.42 Å². The zero-order valence-electron chi connectivity index (χ0n) is 10.1. The lowest BCUT2D eigenvalue weighted by molar-refractivity contribution is -0.132. The molecule has 1 heterocycles. The van der Waals surface area contributed by atoms with Crippen LogP contribution in [0.1, 0.15) is 6.42 Å². The molecule has 0 aromatic carbocycles. The number of thiol groups is 1. The number of nitrogens with zero attached hydrogens (tertiary/aromatic N) is 1. The van der Waals surface area contributed by atoms with E-state index in [1.54, 1.807) is 6.08 Å². The van der Waals surface area contributed by atoms with E-state index in [9.17, 15) is 9.59 Å². The number of aliphatic carboxylic acids is 1. The number of carboxylic acids is 1. The molecule has 1 rings (SSSR count). The summed E-state index contributed by atoms with van der Waals surface area (Å²) in [6, 6.07) is 0. The fourth-order valence-electron chi connectivity index (χ4n) is 1.22. The van der Waals surface area contributed by atoms with Crippen molar-refractivity contribution < 1.29 is 14.7 Å². The molecule has 0 fully saturated rings. The van der Waals surface area contributed by atoms with Crippen molar-refractivity contribution in [2.24, 2.45) is 4.99 Å². The van der Waals surface area contributed by atoms with Gasteiger partial charge in [-0.05, 0) is 18.2 Å². The summed E-state index contributed by atoms with van der Waals surface area (Å²) >= 11 is 5.26. The number of ketones is 1. The number of aliphatic imine (C=N–C) groups is 1. The van der Waals surface area contributed by atoms with Crippen molar-refractivity contribution in [1.82, 2.24) is 0 Å². The molecule has 0 aliphatic carbocycles. The molecule has 100 valence electrons. The average molecular weight is 295 g/mol. The lowest BCUT2D eigenvalue weighted by atomic mass is 10.2. The van der Waals surface area contributed by atoms with Crippen molar-refractivity contribution in [3.63, 3.8) is 0 Å². The topological polar surface area (TPSA) is 66.7 Å². The van der Waals surface area contributed by atoms with Gasteiger partial charge in [0.25, 0.3) is 0 Å². The van der Waals surface area contributed by atoms with Crippen molar-refractivity contribution in [3.05, 3.63) is 47.6 Å². The quantitative estimate of drug-likeness (QED) is 0.465. The van der Waals surface area contributed by atoms with Gasteiger partial charge in [-0.1, -0.05) is 12.7 Å². The normalized spacial score (nSPS) is 15.3. The van der Waals surface area contributed by atoms with Crippen LogP contribution in [0.25, 0.3) is 0 Å². The molecule has 0 unspecified atom stereocenters. The molecule has 4 nitrogen and oxygen atoms in total. The predicted octanol–water partition coefficient (Wildman–Crippen LogP) is 2.62. The van der Waals surface area contributed by atoms with Crippen molar-refractivity contribution in [1.29, 1.82) is 0 Å². The first-order valence-electron chi connectivity index (χ1n) is 5.38. The molecule has 0 bridgehead atoms. The first kappa shape index (κ1) is 15.5. The Kier molecular flexibility index (Phi) is 6.38. The molecule has 0 saturated heterocycles. The Morgan fingerprint density at radius 2 is 2.32 bits per heavy atom. The second-order valence-corrected chi connectivity index (χ2v) is 5.07. The highest BCUT2D eigenvalue weighted by molar-refractivity contribution is 8.14. The van der Waals surface area contributed by atoms with E-state index in [2.05, 4.69) is 24.2 Å². The van der Waals surface area contributed by atoms with Gasteiger partial charge in [-0.25, -0.2) is 4.79 Å². The summed E-state index contributed by atoms with van der Waals surface area (Å²) < 4.78 is 0. The van der Waals surface area contributed by atoms with Crippen LogP contribution < -0.4 is 0 Å². The Labute approximate surface area is 121 Å². The van der Waals surface area contributed by atoms with E-state index >= 15 is 0 Å². The highest BCUT2D eigenvalue weighted by Gasteiger charge is 2.14. The minimum absolute atomic E-state index is 0.148. The van der Waals surface area contributed by atoms with Gasteiger partial charge in [0, 0.05) is 23.1 Å². The van der Waals surface area contributed by atoms with Crippen LogP contribution in [0.4, 0.5) is 0 Å². The molecule has 6 heteroatoms. The summed E-state index contributed by atoms with van der Waals surface area (Å²) in [5, 5.41) is 9.54. The summed E-state index contributed by atoms with van der Waals surface area (Å²) in [4.78, 5) is 27.0. The van der Waals surface area contributed by atoms with E-state index in [4.69, 9.17) is 5.11 Å². The second kappa shape index (κ2) is 7.81. The molecule has 0 saturated carbocycles. The standard InChI is InChI=1S/C13H13NO3S2/c1-2-4-11(18)10(15)8-19-12-7-9(13(16)17)5-3-6-14-12/h2-6,18H,1,7-8H2,(H,16,17)/b11-4-. The molecular weight excluding hydrogens is 282 g/mol. The van der Waals surface area contributed by atoms with Crippen LogP contribution >= 0.6 is 24.4 Å². The van der Waals surface area contributed by atoms with E-state index in [0.29, 0.717) is 9.95 Å². The Morgan fingerprint density at radius 3 is 2.95 bits per heavy atom. The van der Waals surface area contributed by atoms with Crippen LogP contribution in [-0.2, 0) is 9.59 Å². The van der Waals surface area contributed by atoms with Crippen LogP contribution in [0.5, 0.6) is 0 Å². The fourth-order valence-corrected chi connectivity index (χ4v) is 2.35. The van der Waals surface area contributed by atoms with Crippen LogP contribution in [0.15, 0.2) is 52.6 Å². The van der Waals surface area contributed by atoms with Gasteiger partial charge in [-0.2, -0.15) is 0 Å². The highest BCUT2D eigenvalue weighted by Crippen LogP contribution is 2.18. The first-order chi connectivity index (χ1) is 9.04. The van der Waals surface area contributed by atoms with E-state index in [1.165, 1.54) is 36.2 Å². The number of Topliss-reactive ketones (excluding diaryl/α,β-unsaturated/α-hetero) is 1. The Balaban J connectivity index is 2.61. The minimum Gasteiger partial charge on any atom is -0.478 e. The maximum atomic E-state index is 11.7. The lowest BCUT2D eigenvalue weighted by Crippen LogP contribution is -2.08. The SMILES string of the molecule is C=C/C=C(\S)C(=O)CSC1=NC=CC=C(C(=O)O)C1. The summed E-state index contributed by atoms with van der Waals surface area (Å²) in [5.74, 6) is -0.958. The lowest BCUT2D eigenvalue weighted by Gasteiger charge is -2.04. The number of carbonyl (C=O) groups excluding carboxylic acids is 1. The number of thioether (sulfide) groups is 1. The third-order valence-electron chi connectivity index (χ3n) is 2.15. The third-order valence-corrected chi connectivity index (χ3v) is 3.54. The highest BCUT2D eigenvalue weighted by atomic mass is 32.2. The Hall–Kier alpha value is -1.53. The number of rotatable bonds is 5. The smallest absolute Gasteiger partial charge is 0.331 e. The van der Waals surface area contributed by atoms with Crippen LogP contribution in [0.2, 0.25) is 0 Å². The van der Waals surface area contributed by atoms with Crippen molar-refractivity contribution in [3.8, 4) is 0 Å². The van der Waals surface area contributed by atoms with Crippen LogP contribution in [0.3, 0.4) is 0 Å². The fraction of sp³-hybridized carbons (Fsp3) is 0.154. The summed E-state index contributed by atoms with van der Waals surface area (Å²) in [6.45, 7) is 3.48. The molecule has 1 aliphatic rings. The maximum absolute atomic E-state index is 11.7. The maximum Gasteiger partial charge on any atom is 0.331 e. The molecule has 0 aromatic heterocycles. The van der Waals surface area contributed by atoms with E-state index < -0.39 is 5.97 Å². The second-order valence-electron chi connectivity index (χ2n) is 3.54. The molecule has 0 atom stereocenters. The van der Waals surface area contributed by atoms with Gasteiger partial charge in [0.05, 0.1) is 10.8 Å². The van der Waals surface area contributed by atoms with Gasteiger partial charge in [-0.15, -0.1) is 24.4 Å².